The van der Waals surface area contributed by atoms with Gasteiger partial charge >= 0.3 is 11.7 Å². The molecular weight excluding hydrogens is 532 g/mol. The predicted octanol–water partition coefficient (Wildman–Crippen LogP) is 4.60. The van der Waals surface area contributed by atoms with E-state index in [0.717, 1.165) is 31.6 Å². The molecule has 0 saturated carbocycles. The zero-order valence-corrected chi connectivity index (χ0v) is 23.5. The molecule has 1 saturated heterocycles. The van der Waals surface area contributed by atoms with Crippen LogP contribution in [0.2, 0.25) is 0 Å². The number of benzene rings is 2. The van der Waals surface area contributed by atoms with Crippen molar-refractivity contribution in [2.24, 2.45) is 4.99 Å². The summed E-state index contributed by atoms with van der Waals surface area (Å²) in [5.41, 5.74) is 1.99. The number of aliphatic imine (C=N–C) groups is 1. The maximum atomic E-state index is 13.5. The van der Waals surface area contributed by atoms with Crippen LogP contribution in [0.4, 0.5) is 5.69 Å². The highest BCUT2D eigenvalue weighted by Crippen LogP contribution is 2.37. The number of amidine groups is 1. The minimum atomic E-state index is -0.822. The Morgan fingerprint density at radius 3 is 2.65 bits per heavy atom. The lowest BCUT2D eigenvalue weighted by Crippen LogP contribution is -2.35. The SMILES string of the molecule is CSC1=NC(c2ccc([N+](=O)[O-])c(O)c2)C(C(=O)OCCCc2ccccc2)=C(COCCN2CCCCC2)N1. The number of nitrogens with zero attached hydrogens (tertiary/aromatic N) is 3. The van der Waals surface area contributed by atoms with Gasteiger partial charge in [0, 0.05) is 12.6 Å². The highest BCUT2D eigenvalue weighted by atomic mass is 32.2. The van der Waals surface area contributed by atoms with Gasteiger partial charge in [0.15, 0.2) is 10.9 Å². The maximum Gasteiger partial charge on any atom is 0.338 e. The van der Waals surface area contributed by atoms with Gasteiger partial charge in [-0.1, -0.05) is 48.5 Å². The van der Waals surface area contributed by atoms with E-state index in [4.69, 9.17) is 9.47 Å². The second kappa shape index (κ2) is 14.8. The van der Waals surface area contributed by atoms with Gasteiger partial charge < -0.3 is 24.8 Å². The quantitative estimate of drug-likeness (QED) is 0.164. The lowest BCUT2D eigenvalue weighted by Gasteiger charge is -2.28. The minimum Gasteiger partial charge on any atom is -0.502 e. The second-order valence-corrected chi connectivity index (χ2v) is 10.5. The van der Waals surface area contributed by atoms with Crippen LogP contribution in [0.1, 0.15) is 42.9 Å². The number of likely N-dealkylation sites (tertiary alicyclic amines) is 1. The highest BCUT2D eigenvalue weighted by molar-refractivity contribution is 8.13. The van der Waals surface area contributed by atoms with Crippen molar-refractivity contribution < 1.29 is 24.3 Å². The number of nitro groups is 1. The van der Waals surface area contributed by atoms with Gasteiger partial charge in [-0.05, 0) is 68.3 Å². The van der Waals surface area contributed by atoms with Crippen LogP contribution >= 0.6 is 11.8 Å². The molecule has 0 aliphatic carbocycles. The summed E-state index contributed by atoms with van der Waals surface area (Å²) in [4.78, 5) is 31.2. The molecule has 0 radical (unpaired) electrons. The standard InChI is InChI=1S/C29H36N4O6S/c1-40-29-30-23(20-38-18-16-32-14-6-3-7-15-32)26(28(35)39-17-8-11-21-9-4-2-5-10-21)27(31-29)22-12-13-24(33(36)37)25(34)19-22/h2,4-5,9-10,12-13,19,27,34H,3,6-8,11,14-18,20H2,1H3,(H,30,31). The lowest BCUT2D eigenvalue weighted by molar-refractivity contribution is -0.385. The molecule has 1 unspecified atom stereocenters. The number of carbonyl (C=O) groups is 1. The van der Waals surface area contributed by atoms with E-state index >= 15 is 0 Å². The molecule has 214 valence electrons. The summed E-state index contributed by atoms with van der Waals surface area (Å²) in [7, 11) is 0. The molecule has 1 fully saturated rings. The molecule has 0 spiro atoms. The Bertz CT molecular complexity index is 1230. The number of ether oxygens (including phenoxy) is 2. The maximum absolute atomic E-state index is 13.5. The summed E-state index contributed by atoms with van der Waals surface area (Å²) < 4.78 is 11.7. The molecule has 2 aromatic carbocycles. The molecule has 40 heavy (non-hydrogen) atoms. The Labute approximate surface area is 238 Å². The third kappa shape index (κ3) is 8.06. The molecule has 1 atom stereocenters. The fourth-order valence-corrected chi connectivity index (χ4v) is 5.28. The Hall–Kier alpha value is -3.41. The van der Waals surface area contributed by atoms with E-state index in [1.807, 2.05) is 36.6 Å². The van der Waals surface area contributed by atoms with Crippen molar-refractivity contribution in [3.8, 4) is 5.75 Å². The third-order valence-electron chi connectivity index (χ3n) is 6.96. The van der Waals surface area contributed by atoms with E-state index in [2.05, 4.69) is 15.2 Å². The highest BCUT2D eigenvalue weighted by Gasteiger charge is 2.33. The first-order valence-electron chi connectivity index (χ1n) is 13.6. The van der Waals surface area contributed by atoms with Crippen LogP contribution in [-0.4, -0.2) is 71.8 Å². The summed E-state index contributed by atoms with van der Waals surface area (Å²) in [6.45, 7) is 3.84. The molecular formula is C29H36N4O6S. The normalized spacial score (nSPS) is 17.7. The summed E-state index contributed by atoms with van der Waals surface area (Å²) in [6.07, 6.45) is 6.95. The van der Waals surface area contributed by atoms with E-state index < -0.39 is 28.4 Å². The van der Waals surface area contributed by atoms with Crippen molar-refractivity contribution in [2.75, 3.05) is 45.7 Å². The Kier molecular flexibility index (Phi) is 11.0. The van der Waals surface area contributed by atoms with Crippen LogP contribution in [0, 0.1) is 10.1 Å². The smallest absolute Gasteiger partial charge is 0.338 e. The zero-order chi connectivity index (χ0) is 28.3. The average Bonchev–Trinajstić information content (AvgIpc) is 2.97. The van der Waals surface area contributed by atoms with Crippen LogP contribution in [-0.2, 0) is 20.7 Å². The molecule has 0 bridgehead atoms. The molecule has 2 heterocycles. The number of phenols is 1. The van der Waals surface area contributed by atoms with Crippen molar-refractivity contribution in [1.82, 2.24) is 10.2 Å². The van der Waals surface area contributed by atoms with Gasteiger partial charge in [0.05, 0.1) is 36.0 Å². The van der Waals surface area contributed by atoms with Crippen molar-refractivity contribution >= 4 is 28.6 Å². The van der Waals surface area contributed by atoms with Gasteiger partial charge in [0.25, 0.3) is 0 Å². The largest absolute Gasteiger partial charge is 0.502 e. The topological polar surface area (TPSA) is 127 Å². The van der Waals surface area contributed by atoms with Gasteiger partial charge in [-0.2, -0.15) is 0 Å². The lowest BCUT2D eigenvalue weighted by atomic mass is 9.95. The zero-order valence-electron chi connectivity index (χ0n) is 22.7. The number of nitro benzene ring substituents is 1. The molecule has 2 aromatic rings. The van der Waals surface area contributed by atoms with Crippen molar-refractivity contribution in [2.45, 2.75) is 38.1 Å². The number of hydrogen-bond acceptors (Lipinski definition) is 10. The van der Waals surface area contributed by atoms with Gasteiger partial charge in [-0.25, -0.2) is 9.79 Å². The van der Waals surface area contributed by atoms with Gasteiger partial charge in [-0.15, -0.1) is 0 Å². The van der Waals surface area contributed by atoms with Gasteiger partial charge in [0.2, 0.25) is 0 Å². The second-order valence-electron chi connectivity index (χ2n) is 9.74. The van der Waals surface area contributed by atoms with Gasteiger partial charge in [-0.3, -0.25) is 10.1 Å². The van der Waals surface area contributed by atoms with E-state index in [0.29, 0.717) is 29.5 Å². The van der Waals surface area contributed by atoms with Crippen LogP contribution in [0.5, 0.6) is 5.75 Å². The number of hydrogen-bond donors (Lipinski definition) is 2. The molecule has 4 rings (SSSR count). The van der Waals surface area contributed by atoms with E-state index in [9.17, 15) is 20.0 Å². The van der Waals surface area contributed by atoms with Crippen molar-refractivity contribution in [1.29, 1.82) is 0 Å². The summed E-state index contributed by atoms with van der Waals surface area (Å²) in [5.74, 6) is -1.03. The molecule has 0 aromatic heterocycles. The Balaban J connectivity index is 1.52. The summed E-state index contributed by atoms with van der Waals surface area (Å²) in [5, 5.41) is 25.3. The van der Waals surface area contributed by atoms with Crippen molar-refractivity contribution in [3.05, 3.63) is 81.0 Å². The summed E-state index contributed by atoms with van der Waals surface area (Å²) in [6, 6.07) is 13.2. The molecule has 2 N–H and O–H groups in total. The number of aryl methyl sites for hydroxylation is 1. The van der Waals surface area contributed by atoms with Crippen LogP contribution in [0.25, 0.3) is 0 Å². The number of rotatable bonds is 12. The fraction of sp³-hybridized carbons (Fsp3) is 0.448. The number of nitrogens with one attached hydrogen (secondary N) is 1. The van der Waals surface area contributed by atoms with E-state index in [1.54, 1.807) is 0 Å². The van der Waals surface area contributed by atoms with E-state index in [-0.39, 0.29) is 18.8 Å². The minimum absolute atomic E-state index is 0.150. The Morgan fingerprint density at radius 1 is 1.18 bits per heavy atom. The first kappa shape index (κ1) is 29.6. The number of phenolic OH excluding ortho intramolecular Hbond substituents is 1. The summed E-state index contributed by atoms with van der Waals surface area (Å²) >= 11 is 1.37. The third-order valence-corrected chi connectivity index (χ3v) is 7.55. The molecule has 10 nitrogen and oxygen atoms in total. The van der Waals surface area contributed by atoms with Crippen LogP contribution in [0.3, 0.4) is 0 Å². The molecule has 2 aliphatic heterocycles. The van der Waals surface area contributed by atoms with E-state index in [1.165, 1.54) is 49.2 Å². The molecule has 11 heteroatoms. The van der Waals surface area contributed by atoms with Gasteiger partial charge in [0.1, 0.15) is 6.04 Å². The number of carbonyl (C=O) groups excluding carboxylic acids is 1. The number of esters is 1. The first-order chi connectivity index (χ1) is 19.5. The number of thioether (sulfide) groups is 1. The molecule has 0 amide bonds. The first-order valence-corrected chi connectivity index (χ1v) is 14.8. The number of piperidine rings is 1. The number of aromatic hydroxyl groups is 1. The Morgan fingerprint density at radius 2 is 1.95 bits per heavy atom. The van der Waals surface area contributed by atoms with Crippen LogP contribution < -0.4 is 5.32 Å². The molecule has 2 aliphatic rings. The fourth-order valence-electron chi connectivity index (χ4n) is 4.85. The van der Waals surface area contributed by atoms with Crippen molar-refractivity contribution in [3.63, 3.8) is 0 Å². The predicted molar refractivity (Wildman–Crippen MR) is 155 cm³/mol. The van der Waals surface area contributed by atoms with Crippen LogP contribution in [0.15, 0.2) is 64.8 Å². The average molecular weight is 569 g/mol. The monoisotopic (exact) mass is 568 g/mol.